The second-order valence-electron chi connectivity index (χ2n) is 5.64. The molecule has 2 aromatic carbocycles. The highest BCUT2D eigenvalue weighted by atomic mass is 79.9. The highest BCUT2D eigenvalue weighted by Gasteiger charge is 2.13. The number of hydrogen-bond donors (Lipinski definition) is 1. The molecule has 1 aromatic heterocycles. The first-order valence-electron chi connectivity index (χ1n) is 8.19. The Kier molecular flexibility index (Phi) is 6.08. The molecule has 0 bridgehead atoms. The number of ether oxygens (including phenoxy) is 2. The predicted octanol–water partition coefficient (Wildman–Crippen LogP) is 4.09. The van der Waals surface area contributed by atoms with Gasteiger partial charge in [-0.25, -0.2) is 0 Å². The van der Waals surface area contributed by atoms with E-state index in [-0.39, 0.29) is 12.3 Å². The lowest BCUT2D eigenvalue weighted by atomic mass is 10.2. The van der Waals surface area contributed by atoms with E-state index in [1.807, 2.05) is 30.3 Å². The van der Waals surface area contributed by atoms with Crippen molar-refractivity contribution < 1.29 is 18.8 Å². The first-order valence-corrected chi connectivity index (χ1v) is 8.98. The molecular weight excluding hydrogens is 414 g/mol. The van der Waals surface area contributed by atoms with Gasteiger partial charge in [-0.1, -0.05) is 21.1 Å². The number of hydrogen-bond acceptors (Lipinski definition) is 6. The maximum Gasteiger partial charge on any atom is 0.227 e. The van der Waals surface area contributed by atoms with Gasteiger partial charge in [0, 0.05) is 28.6 Å². The van der Waals surface area contributed by atoms with Crippen LogP contribution in [0.15, 0.2) is 51.5 Å². The molecule has 8 heteroatoms. The molecule has 7 nitrogen and oxygen atoms in total. The molecule has 1 N–H and O–H groups in total. The number of amides is 1. The van der Waals surface area contributed by atoms with Gasteiger partial charge in [0.2, 0.25) is 17.6 Å². The Morgan fingerprint density at radius 2 is 1.85 bits per heavy atom. The van der Waals surface area contributed by atoms with Crippen LogP contribution in [0.1, 0.15) is 12.3 Å². The van der Waals surface area contributed by atoms with E-state index >= 15 is 0 Å². The number of methoxy groups -OCH3 is 2. The first kappa shape index (κ1) is 18.9. The Balaban J connectivity index is 1.61. The Morgan fingerprint density at radius 1 is 1.11 bits per heavy atom. The largest absolute Gasteiger partial charge is 0.493 e. The van der Waals surface area contributed by atoms with Crippen LogP contribution in [-0.2, 0) is 11.2 Å². The number of aromatic nitrogens is 2. The molecule has 0 saturated heterocycles. The zero-order chi connectivity index (χ0) is 19.2. The van der Waals surface area contributed by atoms with Gasteiger partial charge in [-0.15, -0.1) is 0 Å². The fourth-order valence-electron chi connectivity index (χ4n) is 2.43. The van der Waals surface area contributed by atoms with Crippen molar-refractivity contribution in [3.8, 4) is 22.9 Å². The fraction of sp³-hybridized carbons (Fsp3) is 0.211. The summed E-state index contributed by atoms with van der Waals surface area (Å²) in [5.41, 5.74) is 1.47. The molecule has 0 atom stereocenters. The minimum atomic E-state index is -0.122. The quantitative estimate of drug-likeness (QED) is 0.606. The molecule has 3 aromatic rings. The molecule has 0 radical (unpaired) electrons. The molecule has 0 spiro atoms. The molecule has 1 heterocycles. The van der Waals surface area contributed by atoms with Crippen LogP contribution in [0, 0.1) is 0 Å². The third-order valence-corrected chi connectivity index (χ3v) is 4.33. The number of rotatable bonds is 7. The second kappa shape index (κ2) is 8.68. The van der Waals surface area contributed by atoms with E-state index in [1.165, 1.54) is 0 Å². The average Bonchev–Trinajstić information content (AvgIpc) is 3.16. The van der Waals surface area contributed by atoms with E-state index in [9.17, 15) is 4.79 Å². The van der Waals surface area contributed by atoms with Crippen LogP contribution in [0.4, 0.5) is 5.69 Å². The molecule has 0 aliphatic carbocycles. The van der Waals surface area contributed by atoms with E-state index in [0.717, 1.165) is 15.7 Å². The summed E-state index contributed by atoms with van der Waals surface area (Å²) in [6.07, 6.45) is 0.590. The molecule has 0 aliphatic heterocycles. The number of carbonyl (C=O) groups excluding carboxylic acids is 1. The normalized spacial score (nSPS) is 10.5. The maximum absolute atomic E-state index is 12.1. The molecule has 140 valence electrons. The molecule has 0 fully saturated rings. The van der Waals surface area contributed by atoms with Crippen molar-refractivity contribution in [2.24, 2.45) is 0 Å². The van der Waals surface area contributed by atoms with Crippen LogP contribution in [-0.4, -0.2) is 30.3 Å². The van der Waals surface area contributed by atoms with Gasteiger partial charge < -0.3 is 19.3 Å². The van der Waals surface area contributed by atoms with Crippen LogP contribution in [0.5, 0.6) is 11.5 Å². The van der Waals surface area contributed by atoms with Crippen molar-refractivity contribution in [1.82, 2.24) is 10.1 Å². The lowest BCUT2D eigenvalue weighted by molar-refractivity contribution is -0.116. The molecule has 0 aliphatic rings. The van der Waals surface area contributed by atoms with E-state index in [0.29, 0.717) is 29.6 Å². The van der Waals surface area contributed by atoms with Crippen molar-refractivity contribution in [2.45, 2.75) is 12.8 Å². The van der Waals surface area contributed by atoms with E-state index in [1.54, 1.807) is 26.4 Å². The number of benzene rings is 2. The summed E-state index contributed by atoms with van der Waals surface area (Å²) in [5, 5.41) is 6.80. The topological polar surface area (TPSA) is 86.5 Å². The Hall–Kier alpha value is -2.87. The van der Waals surface area contributed by atoms with Crippen molar-refractivity contribution in [3.63, 3.8) is 0 Å². The standard InChI is InChI=1S/C19H18BrN3O4/c1-25-15-8-3-12(11-16(15)26-2)19-22-18(27-23-19)10-9-17(24)21-14-6-4-13(20)5-7-14/h3-8,11H,9-10H2,1-2H3,(H,21,24). The Morgan fingerprint density at radius 3 is 2.56 bits per heavy atom. The number of nitrogens with zero attached hydrogens (tertiary/aromatic N) is 2. The highest BCUT2D eigenvalue weighted by molar-refractivity contribution is 9.10. The van der Waals surface area contributed by atoms with Gasteiger partial charge in [0.1, 0.15) is 0 Å². The van der Waals surface area contributed by atoms with Gasteiger partial charge in [-0.2, -0.15) is 4.98 Å². The van der Waals surface area contributed by atoms with E-state index in [4.69, 9.17) is 14.0 Å². The van der Waals surface area contributed by atoms with Gasteiger partial charge in [0.05, 0.1) is 14.2 Å². The monoisotopic (exact) mass is 431 g/mol. The van der Waals surface area contributed by atoms with Crippen LogP contribution in [0.3, 0.4) is 0 Å². The average molecular weight is 432 g/mol. The second-order valence-corrected chi connectivity index (χ2v) is 6.55. The van der Waals surface area contributed by atoms with Gasteiger partial charge in [-0.3, -0.25) is 4.79 Å². The van der Waals surface area contributed by atoms with Crippen molar-refractivity contribution in [2.75, 3.05) is 19.5 Å². The van der Waals surface area contributed by atoms with Gasteiger partial charge in [-0.05, 0) is 42.5 Å². The maximum atomic E-state index is 12.1. The lowest BCUT2D eigenvalue weighted by Crippen LogP contribution is -2.12. The summed E-state index contributed by atoms with van der Waals surface area (Å²) in [5.74, 6) is 1.90. The third-order valence-electron chi connectivity index (χ3n) is 3.80. The van der Waals surface area contributed by atoms with Crippen molar-refractivity contribution in [3.05, 3.63) is 52.8 Å². The van der Waals surface area contributed by atoms with Gasteiger partial charge in [0.15, 0.2) is 11.5 Å². The highest BCUT2D eigenvalue weighted by Crippen LogP contribution is 2.31. The van der Waals surface area contributed by atoms with E-state index in [2.05, 4.69) is 31.4 Å². The SMILES string of the molecule is COc1ccc(-c2noc(CCC(=O)Nc3ccc(Br)cc3)n2)cc1OC. The van der Waals surface area contributed by atoms with Crippen molar-refractivity contribution >= 4 is 27.5 Å². The summed E-state index contributed by atoms with van der Waals surface area (Å²) in [6.45, 7) is 0. The van der Waals surface area contributed by atoms with Crippen LogP contribution in [0.2, 0.25) is 0 Å². The smallest absolute Gasteiger partial charge is 0.227 e. The summed E-state index contributed by atoms with van der Waals surface area (Å²) in [4.78, 5) is 16.4. The first-order chi connectivity index (χ1) is 13.1. The number of nitrogens with one attached hydrogen (secondary N) is 1. The van der Waals surface area contributed by atoms with Gasteiger partial charge in [0.25, 0.3) is 0 Å². The minimum absolute atomic E-state index is 0.122. The summed E-state index contributed by atoms with van der Waals surface area (Å²) in [7, 11) is 3.14. The summed E-state index contributed by atoms with van der Waals surface area (Å²) < 4.78 is 16.7. The number of halogens is 1. The third kappa shape index (κ3) is 4.85. The summed E-state index contributed by atoms with van der Waals surface area (Å²) >= 11 is 3.36. The Bertz CT molecular complexity index is 925. The van der Waals surface area contributed by atoms with Crippen molar-refractivity contribution in [1.29, 1.82) is 0 Å². The molecule has 1 amide bonds. The Labute approximate surface area is 164 Å². The fourth-order valence-corrected chi connectivity index (χ4v) is 2.69. The lowest BCUT2D eigenvalue weighted by Gasteiger charge is -2.07. The summed E-state index contributed by atoms with van der Waals surface area (Å²) in [6, 6.07) is 12.7. The minimum Gasteiger partial charge on any atom is -0.493 e. The molecule has 27 heavy (non-hydrogen) atoms. The molecule has 0 saturated carbocycles. The zero-order valence-corrected chi connectivity index (χ0v) is 16.4. The van der Waals surface area contributed by atoms with E-state index < -0.39 is 0 Å². The van der Waals surface area contributed by atoms with Gasteiger partial charge >= 0.3 is 0 Å². The number of anilines is 1. The van der Waals surface area contributed by atoms with Crippen LogP contribution >= 0.6 is 15.9 Å². The molecule has 3 rings (SSSR count). The molecular formula is C19H18BrN3O4. The number of aryl methyl sites for hydroxylation is 1. The zero-order valence-electron chi connectivity index (χ0n) is 14.9. The number of carbonyl (C=O) groups is 1. The van der Waals surface area contributed by atoms with Crippen LogP contribution < -0.4 is 14.8 Å². The molecule has 0 unspecified atom stereocenters. The van der Waals surface area contributed by atoms with Crippen LogP contribution in [0.25, 0.3) is 11.4 Å². The predicted molar refractivity (Wildman–Crippen MR) is 104 cm³/mol.